The summed E-state index contributed by atoms with van der Waals surface area (Å²) < 4.78 is 0. The second-order valence-electron chi connectivity index (χ2n) is 8.19. The molecular formula is C24H35N7O2. The quantitative estimate of drug-likeness (QED) is 0.165. The van der Waals surface area contributed by atoms with Crippen molar-refractivity contribution < 1.29 is 4.79 Å². The van der Waals surface area contributed by atoms with Crippen molar-refractivity contribution in [1.29, 1.82) is 0 Å². The minimum absolute atomic E-state index is 0.0938. The average Bonchev–Trinajstić information content (AvgIpc) is 2.80. The van der Waals surface area contributed by atoms with Gasteiger partial charge in [0.2, 0.25) is 0 Å². The number of hydrogen-bond donors (Lipinski definition) is 6. The maximum absolute atomic E-state index is 13.4. The normalized spacial score (nSPS) is 11.4. The second-order valence-corrected chi connectivity index (χ2v) is 8.19. The van der Waals surface area contributed by atoms with Crippen LogP contribution in [0.25, 0.3) is 21.8 Å². The number of fused-ring (bicyclic) bond motifs is 2. The smallest absolute Gasteiger partial charge is 0.253 e. The number of aromatic nitrogens is 1. The number of pyridine rings is 1. The number of anilines is 1. The fraction of sp³-hybridized carbons (Fsp3) is 0.417. The summed E-state index contributed by atoms with van der Waals surface area (Å²) >= 11 is 0. The first-order chi connectivity index (χ1) is 16.0. The van der Waals surface area contributed by atoms with Crippen LogP contribution in [0.3, 0.4) is 0 Å². The first-order valence-corrected chi connectivity index (χ1v) is 11.4. The molecule has 0 atom stereocenters. The van der Waals surface area contributed by atoms with Crippen molar-refractivity contribution in [2.45, 2.75) is 0 Å². The molecule has 0 spiro atoms. The van der Waals surface area contributed by atoms with Crippen LogP contribution in [0, 0.1) is 0 Å². The molecule has 9 heteroatoms. The van der Waals surface area contributed by atoms with Crippen molar-refractivity contribution in [1.82, 2.24) is 25.8 Å². The fourth-order valence-electron chi connectivity index (χ4n) is 3.67. The zero-order chi connectivity index (χ0) is 23.6. The molecule has 7 N–H and O–H groups in total. The van der Waals surface area contributed by atoms with Gasteiger partial charge in [-0.1, -0.05) is 12.1 Å². The van der Waals surface area contributed by atoms with E-state index < -0.39 is 0 Å². The van der Waals surface area contributed by atoms with E-state index in [-0.39, 0.29) is 11.3 Å². The van der Waals surface area contributed by atoms with E-state index in [0.717, 1.165) is 32.7 Å². The Morgan fingerprint density at radius 1 is 0.970 bits per heavy atom. The Bertz CT molecular complexity index is 1130. The molecule has 0 aliphatic heterocycles. The van der Waals surface area contributed by atoms with Crippen LogP contribution in [0.2, 0.25) is 0 Å². The Morgan fingerprint density at radius 2 is 1.70 bits per heavy atom. The molecule has 3 aromatic rings. The predicted octanol–water partition coefficient (Wildman–Crippen LogP) is 0.523. The van der Waals surface area contributed by atoms with Crippen LogP contribution in [0.1, 0.15) is 10.4 Å². The summed E-state index contributed by atoms with van der Waals surface area (Å²) in [5.41, 5.74) is 7.80. The molecule has 2 aromatic carbocycles. The molecule has 178 valence electrons. The standard InChI is InChI=1S/C24H35N7O2/c1-31(2)16-15-29-24(33)18-7-8-20(28-14-13-27-12-11-26-10-9-25)21-22(18)30-19-6-4-3-5-17(19)23(21)32/h3-8,26-28H,9-16,25H2,1-2H3,(H,29,33)(H,30,32). The summed E-state index contributed by atoms with van der Waals surface area (Å²) in [4.78, 5) is 31.6. The molecule has 0 radical (unpaired) electrons. The minimum Gasteiger partial charge on any atom is -0.383 e. The van der Waals surface area contributed by atoms with Gasteiger partial charge in [-0.05, 0) is 38.4 Å². The Labute approximate surface area is 194 Å². The highest BCUT2D eigenvalue weighted by molar-refractivity contribution is 6.11. The maximum atomic E-state index is 13.4. The number of likely N-dealkylation sites (N-methyl/N-ethyl adjacent to an activating group) is 1. The number of hydrogen-bond acceptors (Lipinski definition) is 7. The Morgan fingerprint density at radius 3 is 2.45 bits per heavy atom. The van der Waals surface area contributed by atoms with Gasteiger partial charge < -0.3 is 36.9 Å². The van der Waals surface area contributed by atoms with Gasteiger partial charge in [-0.3, -0.25) is 9.59 Å². The first-order valence-electron chi connectivity index (χ1n) is 11.4. The average molecular weight is 454 g/mol. The van der Waals surface area contributed by atoms with Gasteiger partial charge in [0.05, 0.1) is 16.5 Å². The number of carbonyl (C=O) groups excluding carboxylic acids is 1. The molecule has 0 aliphatic rings. The van der Waals surface area contributed by atoms with Crippen molar-refractivity contribution in [3.05, 3.63) is 52.2 Å². The van der Waals surface area contributed by atoms with Crippen LogP contribution in [-0.2, 0) is 0 Å². The third-order valence-corrected chi connectivity index (χ3v) is 5.37. The molecule has 0 unspecified atom stereocenters. The number of nitrogens with two attached hydrogens (primary N) is 1. The predicted molar refractivity (Wildman–Crippen MR) is 136 cm³/mol. The maximum Gasteiger partial charge on any atom is 0.253 e. The molecule has 1 aromatic heterocycles. The summed E-state index contributed by atoms with van der Waals surface area (Å²) in [6, 6.07) is 11.0. The molecule has 0 aliphatic carbocycles. The van der Waals surface area contributed by atoms with Gasteiger partial charge >= 0.3 is 0 Å². The zero-order valence-electron chi connectivity index (χ0n) is 19.5. The van der Waals surface area contributed by atoms with Crippen LogP contribution in [0.5, 0.6) is 0 Å². The molecular weight excluding hydrogens is 418 g/mol. The fourth-order valence-corrected chi connectivity index (χ4v) is 3.67. The number of aromatic amines is 1. The number of benzene rings is 2. The molecule has 9 nitrogen and oxygen atoms in total. The van der Waals surface area contributed by atoms with Crippen LogP contribution in [0.4, 0.5) is 5.69 Å². The van der Waals surface area contributed by atoms with Crippen LogP contribution < -0.4 is 32.4 Å². The summed E-state index contributed by atoms with van der Waals surface area (Å²) in [5.74, 6) is -0.203. The van der Waals surface area contributed by atoms with Crippen molar-refractivity contribution in [2.24, 2.45) is 5.73 Å². The minimum atomic E-state index is -0.203. The summed E-state index contributed by atoms with van der Waals surface area (Å²) in [7, 11) is 3.91. The highest BCUT2D eigenvalue weighted by atomic mass is 16.1. The molecule has 0 fully saturated rings. The van der Waals surface area contributed by atoms with Crippen LogP contribution >= 0.6 is 0 Å². The summed E-state index contributed by atoms with van der Waals surface area (Å²) in [6.45, 7) is 5.76. The van der Waals surface area contributed by atoms with Gasteiger partial charge in [0, 0.05) is 68.9 Å². The molecule has 0 saturated heterocycles. The lowest BCUT2D eigenvalue weighted by atomic mass is 10.0. The number of amides is 1. The van der Waals surface area contributed by atoms with E-state index >= 15 is 0 Å². The van der Waals surface area contributed by atoms with E-state index in [0.29, 0.717) is 52.7 Å². The van der Waals surface area contributed by atoms with Gasteiger partial charge in [-0.2, -0.15) is 0 Å². The number of carbonyl (C=O) groups is 1. The van der Waals surface area contributed by atoms with Crippen LogP contribution in [0.15, 0.2) is 41.2 Å². The molecule has 33 heavy (non-hydrogen) atoms. The molecule has 0 bridgehead atoms. The highest BCUT2D eigenvalue weighted by Crippen LogP contribution is 2.25. The van der Waals surface area contributed by atoms with E-state index in [1.807, 2.05) is 43.3 Å². The Kier molecular flexibility index (Phi) is 9.20. The van der Waals surface area contributed by atoms with Gasteiger partial charge in [-0.25, -0.2) is 0 Å². The molecule has 1 heterocycles. The van der Waals surface area contributed by atoms with Crippen LogP contribution in [-0.4, -0.2) is 82.2 Å². The monoisotopic (exact) mass is 453 g/mol. The van der Waals surface area contributed by atoms with Crippen molar-refractivity contribution in [2.75, 3.05) is 71.8 Å². The summed E-state index contributed by atoms with van der Waals surface area (Å²) in [6.07, 6.45) is 0. The van der Waals surface area contributed by atoms with E-state index in [9.17, 15) is 9.59 Å². The molecule has 1 amide bonds. The lowest BCUT2D eigenvalue weighted by molar-refractivity contribution is 0.0952. The SMILES string of the molecule is CN(C)CCNC(=O)c1ccc(NCCNCCNCCN)c2c(=O)c3ccccc3[nH]c12. The van der Waals surface area contributed by atoms with E-state index in [1.54, 1.807) is 12.1 Å². The summed E-state index contributed by atoms with van der Waals surface area (Å²) in [5, 5.41) is 14.0. The number of H-pyrrole nitrogens is 1. The topological polar surface area (TPSA) is 127 Å². The third-order valence-electron chi connectivity index (χ3n) is 5.37. The number of nitrogens with zero attached hydrogens (tertiary/aromatic N) is 1. The van der Waals surface area contributed by atoms with Crippen molar-refractivity contribution in [3.63, 3.8) is 0 Å². The van der Waals surface area contributed by atoms with E-state index in [4.69, 9.17) is 5.73 Å². The lowest BCUT2D eigenvalue weighted by Gasteiger charge is -2.15. The number of para-hydroxylation sites is 1. The number of rotatable bonds is 13. The van der Waals surface area contributed by atoms with E-state index in [2.05, 4.69) is 26.3 Å². The van der Waals surface area contributed by atoms with E-state index in [1.165, 1.54) is 0 Å². The van der Waals surface area contributed by atoms with Gasteiger partial charge in [-0.15, -0.1) is 0 Å². The second kappa shape index (κ2) is 12.3. The molecule has 3 rings (SSSR count). The van der Waals surface area contributed by atoms with Gasteiger partial charge in [0.1, 0.15) is 0 Å². The lowest BCUT2D eigenvalue weighted by Crippen LogP contribution is -2.33. The zero-order valence-corrected chi connectivity index (χ0v) is 19.5. The third kappa shape index (κ3) is 6.52. The van der Waals surface area contributed by atoms with Gasteiger partial charge in [0.15, 0.2) is 5.43 Å². The Hall–Kier alpha value is -2.98. The first kappa shape index (κ1) is 24.7. The highest BCUT2D eigenvalue weighted by Gasteiger charge is 2.17. The van der Waals surface area contributed by atoms with Crippen molar-refractivity contribution >= 4 is 33.4 Å². The van der Waals surface area contributed by atoms with Gasteiger partial charge in [0.25, 0.3) is 5.91 Å². The van der Waals surface area contributed by atoms with Crippen molar-refractivity contribution in [3.8, 4) is 0 Å². The molecule has 0 saturated carbocycles. The largest absolute Gasteiger partial charge is 0.383 e. The Balaban J connectivity index is 1.83. The number of nitrogens with one attached hydrogen (secondary N) is 5.